The maximum atomic E-state index is 12.9. The molecule has 21 nitrogen and oxygen atoms in total. The van der Waals surface area contributed by atoms with Crippen molar-refractivity contribution in [3.05, 3.63) is 35.4 Å². The van der Waals surface area contributed by atoms with E-state index in [0.717, 1.165) is 10.9 Å². The average Bonchev–Trinajstić information content (AvgIpc) is 3.57. The van der Waals surface area contributed by atoms with Gasteiger partial charge in [0.2, 0.25) is 0 Å². The van der Waals surface area contributed by atoms with E-state index in [9.17, 15) is 34.1 Å². The zero-order valence-corrected chi connectivity index (χ0v) is 22.9. The molecule has 42 heavy (non-hydrogen) atoms. The Bertz CT molecular complexity index is 1570. The Morgan fingerprint density at radius 2 is 1.74 bits per heavy atom. The number of nitrogens with two attached hydrogens (primary N) is 2. The first-order valence-electron chi connectivity index (χ1n) is 11.9. The molecule has 23 heteroatoms. The maximum absolute atomic E-state index is 12.9. The summed E-state index contributed by atoms with van der Waals surface area (Å²) >= 11 is 0. The number of phosphoric ester groups is 1. The molecule has 0 aliphatic carbocycles. The van der Waals surface area contributed by atoms with Crippen LogP contribution in [0, 0.1) is 0 Å². The Balaban J connectivity index is 1.30. The Kier molecular flexibility index (Phi) is 8.63. The van der Waals surface area contributed by atoms with Gasteiger partial charge in [-0.25, -0.2) is 24.3 Å². The number of hydrogen-bond acceptors (Lipinski definition) is 17. The maximum Gasteiger partial charge on any atom is 0.694 e. The summed E-state index contributed by atoms with van der Waals surface area (Å²) < 4.78 is 52.1. The van der Waals surface area contributed by atoms with Gasteiger partial charge in [-0.15, -0.1) is 9.42 Å². The normalized spacial score (nSPS) is 31.4. The van der Waals surface area contributed by atoms with Crippen molar-refractivity contribution in [2.75, 3.05) is 24.7 Å². The number of rotatable bonds is 10. The third-order valence-electron chi connectivity index (χ3n) is 6.44. The largest absolute Gasteiger partial charge is 0.694 e. The molecule has 2 fully saturated rings. The molecule has 0 aromatic carbocycles. The molecule has 2 aliphatic rings. The predicted octanol–water partition coefficient (Wildman–Crippen LogP) is -2.71. The molecular formula is C19H25N8O13P2+. The smallest absolute Gasteiger partial charge is 0.387 e. The molecule has 2 unspecified atom stereocenters. The van der Waals surface area contributed by atoms with Crippen molar-refractivity contribution in [3.63, 3.8) is 0 Å². The third-order valence-corrected chi connectivity index (χ3v) is 7.79. The van der Waals surface area contributed by atoms with Crippen molar-refractivity contribution < 1.29 is 57.3 Å². The van der Waals surface area contributed by atoms with Crippen LogP contribution in [0.15, 0.2) is 29.7 Å². The number of hydrogen-bond donors (Lipinski definition) is 7. The lowest BCUT2D eigenvalue weighted by molar-refractivity contribution is -0.0601. The van der Waals surface area contributed by atoms with Crippen LogP contribution in [-0.2, 0) is 32.2 Å². The Hall–Kier alpha value is -3.04. The Morgan fingerprint density at radius 3 is 2.45 bits per heavy atom. The molecule has 9 N–H and O–H groups in total. The molecule has 228 valence electrons. The summed E-state index contributed by atoms with van der Waals surface area (Å²) in [6.07, 6.45) is -8.76. The molecule has 5 rings (SSSR count). The van der Waals surface area contributed by atoms with Crippen molar-refractivity contribution in [2.24, 2.45) is 0 Å². The first kappa shape index (κ1) is 30.4. The second-order valence-corrected chi connectivity index (χ2v) is 11.2. The highest BCUT2D eigenvalue weighted by atomic mass is 31.2. The quantitative estimate of drug-likeness (QED) is 0.111. The number of aliphatic hydroxyl groups is 3. The second kappa shape index (κ2) is 11.9. The molecule has 10 atom stereocenters. The van der Waals surface area contributed by atoms with Crippen LogP contribution < -0.4 is 17.2 Å². The van der Waals surface area contributed by atoms with E-state index < -0.39 is 84.1 Å². The minimum Gasteiger partial charge on any atom is -0.387 e. The lowest BCUT2D eigenvalue weighted by Gasteiger charge is -2.23. The van der Waals surface area contributed by atoms with Crippen LogP contribution in [0.1, 0.15) is 12.5 Å². The van der Waals surface area contributed by atoms with Crippen LogP contribution in [0.25, 0.3) is 11.2 Å². The number of aromatic nitrogens is 6. The van der Waals surface area contributed by atoms with Gasteiger partial charge in [0.1, 0.15) is 60.9 Å². The summed E-state index contributed by atoms with van der Waals surface area (Å²) in [6, 6.07) is 1.26. The number of anilines is 2. The second-order valence-electron chi connectivity index (χ2n) is 9.10. The van der Waals surface area contributed by atoms with E-state index in [0.29, 0.717) is 0 Å². The minimum atomic E-state index is -5.10. The van der Waals surface area contributed by atoms with Crippen molar-refractivity contribution in [1.82, 2.24) is 29.1 Å². The SMILES string of the molecule is Nc1ccn([C@@H]2O[C@H](COP(=O)(O)O[C@H]3[C@@H](O)[C@H](n4cnc5c(N)ncnc54)O[C@@H]3CO[P+](=O)O)[C@@H](O)[C@H]2O)c(=O)n1. The minimum absolute atomic E-state index is 0.0330. The van der Waals surface area contributed by atoms with E-state index >= 15 is 0 Å². The van der Waals surface area contributed by atoms with Gasteiger partial charge in [-0.05, 0) is 6.07 Å². The lowest BCUT2D eigenvalue weighted by Crippen LogP contribution is -2.37. The highest BCUT2D eigenvalue weighted by Gasteiger charge is 2.51. The standard InChI is InChI=1S/C19H24N8O13P2/c20-9-1-2-26(19(31)25-9)17-12(29)11(28)7(38-17)4-37-42(34,35)40-14-8(3-36-41(32)33)39-18(13(14)30)27-6-24-10-15(21)22-5-23-16(10)27/h1-2,5-8,11-14,17-18,28-30H,3-4H2,(H5-,20,21,22,23,25,31,32,33,34,35)/p+1/t7-,8-,11-,12-,13-,14-,17-,18-/m1/s1. The summed E-state index contributed by atoms with van der Waals surface area (Å²) in [6.45, 7) is -1.48. The Morgan fingerprint density at radius 1 is 1.02 bits per heavy atom. The van der Waals surface area contributed by atoms with Gasteiger partial charge in [0.25, 0.3) is 0 Å². The molecule has 0 radical (unpaired) electrons. The van der Waals surface area contributed by atoms with Crippen LogP contribution in [0.2, 0.25) is 0 Å². The van der Waals surface area contributed by atoms with E-state index in [-0.39, 0.29) is 22.8 Å². The monoisotopic (exact) mass is 635 g/mol. The van der Waals surface area contributed by atoms with Gasteiger partial charge >= 0.3 is 21.8 Å². The zero-order valence-electron chi connectivity index (χ0n) is 21.1. The fourth-order valence-corrected chi connectivity index (χ4v) is 5.71. The van der Waals surface area contributed by atoms with Crippen LogP contribution in [-0.4, -0.2) is 104 Å². The summed E-state index contributed by atoms with van der Waals surface area (Å²) in [5.74, 6) is -0.0540. The fourth-order valence-electron chi connectivity index (χ4n) is 4.48. The molecule has 5 heterocycles. The third kappa shape index (κ3) is 6.04. The Labute approximate surface area is 234 Å². The van der Waals surface area contributed by atoms with Crippen molar-refractivity contribution in [1.29, 1.82) is 0 Å². The van der Waals surface area contributed by atoms with E-state index in [4.69, 9.17) is 34.9 Å². The number of aliphatic hydroxyl groups excluding tert-OH is 3. The highest BCUT2D eigenvalue weighted by Crippen LogP contribution is 2.49. The summed E-state index contributed by atoms with van der Waals surface area (Å²) in [4.78, 5) is 47.1. The predicted molar refractivity (Wildman–Crippen MR) is 135 cm³/mol. The number of phosphoric acid groups is 1. The molecule has 0 saturated carbocycles. The molecule has 0 amide bonds. The molecule has 0 spiro atoms. The number of ether oxygens (including phenoxy) is 2. The molecule has 3 aromatic rings. The number of nitrogens with zero attached hydrogens (tertiary/aromatic N) is 6. The van der Waals surface area contributed by atoms with Gasteiger partial charge < -0.3 is 41.2 Å². The fraction of sp³-hybridized carbons (Fsp3) is 0.526. The van der Waals surface area contributed by atoms with Gasteiger partial charge in [0, 0.05) is 10.8 Å². The molecule has 2 aliphatic heterocycles. The highest BCUT2D eigenvalue weighted by molar-refractivity contribution is 7.47. The average molecular weight is 635 g/mol. The van der Waals surface area contributed by atoms with Crippen LogP contribution in [0.3, 0.4) is 0 Å². The van der Waals surface area contributed by atoms with Crippen molar-refractivity contribution >= 4 is 38.9 Å². The zero-order chi connectivity index (χ0) is 30.3. The summed E-state index contributed by atoms with van der Waals surface area (Å²) in [5, 5.41) is 31.8. The van der Waals surface area contributed by atoms with E-state index in [1.807, 2.05) is 0 Å². The van der Waals surface area contributed by atoms with Crippen LogP contribution in [0.5, 0.6) is 0 Å². The van der Waals surface area contributed by atoms with Crippen molar-refractivity contribution in [2.45, 2.75) is 49.1 Å². The van der Waals surface area contributed by atoms with Crippen molar-refractivity contribution in [3.8, 4) is 0 Å². The van der Waals surface area contributed by atoms with Gasteiger partial charge in [-0.2, -0.15) is 4.98 Å². The van der Waals surface area contributed by atoms with Crippen LogP contribution in [0.4, 0.5) is 11.6 Å². The summed E-state index contributed by atoms with van der Waals surface area (Å²) in [5.41, 5.74) is 10.7. The molecular weight excluding hydrogens is 610 g/mol. The van der Waals surface area contributed by atoms with Crippen LogP contribution >= 0.6 is 16.1 Å². The van der Waals surface area contributed by atoms with E-state index in [1.54, 1.807) is 0 Å². The number of nitrogen functional groups attached to an aromatic ring is 2. The lowest BCUT2D eigenvalue weighted by atomic mass is 10.1. The van der Waals surface area contributed by atoms with Gasteiger partial charge in [-0.1, -0.05) is 0 Å². The molecule has 2 saturated heterocycles. The van der Waals surface area contributed by atoms with Gasteiger partial charge in [-0.3, -0.25) is 18.2 Å². The first-order valence-corrected chi connectivity index (χ1v) is 14.6. The summed E-state index contributed by atoms with van der Waals surface area (Å²) in [7, 11) is -8.22. The first-order chi connectivity index (χ1) is 19.9. The topological polar surface area (TPSA) is 312 Å². The van der Waals surface area contributed by atoms with E-state index in [2.05, 4.69) is 24.5 Å². The van der Waals surface area contributed by atoms with E-state index in [1.165, 1.54) is 23.2 Å². The van der Waals surface area contributed by atoms with Gasteiger partial charge in [0.05, 0.1) is 12.9 Å². The molecule has 3 aromatic heterocycles. The van der Waals surface area contributed by atoms with Gasteiger partial charge in [0.15, 0.2) is 23.9 Å². The molecule has 0 bridgehead atoms. The number of fused-ring (bicyclic) bond motifs is 1. The number of imidazole rings is 1.